The van der Waals surface area contributed by atoms with Gasteiger partial charge in [0.05, 0.1) is 11.9 Å². The van der Waals surface area contributed by atoms with E-state index in [0.717, 1.165) is 52.9 Å². The van der Waals surface area contributed by atoms with Crippen molar-refractivity contribution < 1.29 is 18.0 Å². The van der Waals surface area contributed by atoms with E-state index in [1.807, 2.05) is 38.1 Å². The number of carbonyl (C=O) groups is 2. The maximum Gasteiger partial charge on any atom is 0.244 e. The Morgan fingerprint density at radius 1 is 1.06 bits per heavy atom. The molecule has 0 spiro atoms. The van der Waals surface area contributed by atoms with Gasteiger partial charge in [-0.25, -0.2) is 8.42 Å². The SMILES string of the molecule is Cc1ccc(CN(C(=O)CN(c2ccc(C)c(Cl)c2)S(C)(=O)=O)[C@@H](C)C(=O)NC2CCCCC2)cc1. The smallest absolute Gasteiger partial charge is 0.244 e. The zero-order valence-corrected chi connectivity index (χ0v) is 23.0. The van der Waals surface area contributed by atoms with Crippen LogP contribution in [0, 0.1) is 13.8 Å². The second-order valence-corrected chi connectivity index (χ2v) is 12.0. The monoisotopic (exact) mass is 533 g/mol. The molecule has 9 heteroatoms. The molecule has 0 heterocycles. The molecule has 2 aromatic carbocycles. The van der Waals surface area contributed by atoms with Crippen LogP contribution in [-0.4, -0.2) is 50.0 Å². The molecule has 0 saturated heterocycles. The van der Waals surface area contributed by atoms with Gasteiger partial charge in [0.15, 0.2) is 0 Å². The van der Waals surface area contributed by atoms with Crippen LogP contribution in [-0.2, 0) is 26.2 Å². The van der Waals surface area contributed by atoms with Gasteiger partial charge in [0.25, 0.3) is 0 Å². The van der Waals surface area contributed by atoms with Crippen molar-refractivity contribution in [2.75, 3.05) is 17.1 Å². The third-order valence-corrected chi connectivity index (χ3v) is 8.26. The second kappa shape index (κ2) is 12.1. The molecule has 0 unspecified atom stereocenters. The van der Waals surface area contributed by atoms with Gasteiger partial charge in [-0.1, -0.05) is 66.8 Å². The molecule has 1 atom stereocenters. The van der Waals surface area contributed by atoms with Crippen molar-refractivity contribution in [2.24, 2.45) is 0 Å². The standard InChI is InChI=1S/C27H36ClN3O4S/c1-19-10-13-22(14-11-19)17-30(21(3)27(33)29-23-8-6-5-7-9-23)26(32)18-31(36(4,34)35)24-15-12-20(2)25(28)16-24/h10-16,21,23H,5-9,17-18H2,1-4H3,(H,29,33)/t21-/m0/s1. The molecule has 0 aromatic heterocycles. The molecule has 1 aliphatic rings. The summed E-state index contributed by atoms with van der Waals surface area (Å²) in [7, 11) is -3.80. The molecule has 0 aliphatic heterocycles. The molecular weight excluding hydrogens is 498 g/mol. The molecular formula is C27H36ClN3O4S. The van der Waals surface area contributed by atoms with Gasteiger partial charge in [-0.2, -0.15) is 0 Å². The van der Waals surface area contributed by atoms with E-state index < -0.39 is 28.5 Å². The van der Waals surface area contributed by atoms with Gasteiger partial charge < -0.3 is 10.2 Å². The third kappa shape index (κ3) is 7.46. The molecule has 1 saturated carbocycles. The van der Waals surface area contributed by atoms with E-state index in [-0.39, 0.29) is 18.5 Å². The number of hydrogen-bond donors (Lipinski definition) is 1. The molecule has 196 valence electrons. The highest BCUT2D eigenvalue weighted by atomic mass is 35.5. The zero-order chi connectivity index (χ0) is 26.5. The van der Waals surface area contributed by atoms with Crippen LogP contribution in [0.15, 0.2) is 42.5 Å². The van der Waals surface area contributed by atoms with Crippen LogP contribution in [0.1, 0.15) is 55.7 Å². The molecule has 1 aliphatic carbocycles. The van der Waals surface area contributed by atoms with Crippen LogP contribution in [0.25, 0.3) is 0 Å². The first-order chi connectivity index (χ1) is 17.0. The Kier molecular flexibility index (Phi) is 9.41. The Labute approximate surface area is 219 Å². The first kappa shape index (κ1) is 28.0. The normalized spacial score (nSPS) is 15.2. The number of rotatable bonds is 9. The van der Waals surface area contributed by atoms with Crippen LogP contribution < -0.4 is 9.62 Å². The zero-order valence-electron chi connectivity index (χ0n) is 21.5. The van der Waals surface area contributed by atoms with Gasteiger partial charge in [0, 0.05) is 17.6 Å². The Bertz CT molecular complexity index is 1180. The molecule has 3 rings (SSSR count). The fourth-order valence-electron chi connectivity index (χ4n) is 4.39. The van der Waals surface area contributed by atoms with E-state index in [9.17, 15) is 18.0 Å². The molecule has 2 aromatic rings. The maximum absolute atomic E-state index is 13.6. The van der Waals surface area contributed by atoms with Crippen LogP contribution in [0.4, 0.5) is 5.69 Å². The highest BCUT2D eigenvalue weighted by Crippen LogP contribution is 2.25. The number of sulfonamides is 1. The quantitative estimate of drug-likeness (QED) is 0.511. The number of hydrogen-bond acceptors (Lipinski definition) is 4. The van der Waals surface area contributed by atoms with Crippen molar-refractivity contribution in [2.45, 2.75) is 71.5 Å². The summed E-state index contributed by atoms with van der Waals surface area (Å²) < 4.78 is 26.4. The van der Waals surface area contributed by atoms with Gasteiger partial charge in [-0.05, 0) is 56.9 Å². The molecule has 0 bridgehead atoms. The van der Waals surface area contributed by atoms with Crippen molar-refractivity contribution in [3.63, 3.8) is 0 Å². The van der Waals surface area contributed by atoms with Crippen molar-refractivity contribution in [3.8, 4) is 0 Å². The number of amides is 2. The lowest BCUT2D eigenvalue weighted by Crippen LogP contribution is -2.52. The lowest BCUT2D eigenvalue weighted by molar-refractivity contribution is -0.139. The summed E-state index contributed by atoms with van der Waals surface area (Å²) in [6.07, 6.45) is 6.24. The number of benzene rings is 2. The van der Waals surface area contributed by atoms with E-state index >= 15 is 0 Å². The molecule has 1 N–H and O–H groups in total. The van der Waals surface area contributed by atoms with E-state index in [1.54, 1.807) is 19.1 Å². The Morgan fingerprint density at radius 2 is 1.69 bits per heavy atom. The summed E-state index contributed by atoms with van der Waals surface area (Å²) in [4.78, 5) is 28.3. The predicted octanol–water partition coefficient (Wildman–Crippen LogP) is 4.59. The number of anilines is 1. The van der Waals surface area contributed by atoms with E-state index in [1.165, 1.54) is 17.4 Å². The first-order valence-corrected chi connectivity index (χ1v) is 14.6. The van der Waals surface area contributed by atoms with Crippen LogP contribution >= 0.6 is 11.6 Å². The highest BCUT2D eigenvalue weighted by Gasteiger charge is 2.31. The Hall–Kier alpha value is -2.58. The largest absolute Gasteiger partial charge is 0.352 e. The van der Waals surface area contributed by atoms with Crippen LogP contribution in [0.3, 0.4) is 0 Å². The molecule has 0 radical (unpaired) electrons. The number of nitrogens with one attached hydrogen (secondary N) is 1. The maximum atomic E-state index is 13.6. The topological polar surface area (TPSA) is 86.8 Å². The van der Waals surface area contributed by atoms with E-state index in [2.05, 4.69) is 5.32 Å². The second-order valence-electron chi connectivity index (χ2n) is 9.73. The van der Waals surface area contributed by atoms with Crippen molar-refractivity contribution >= 4 is 39.1 Å². The fourth-order valence-corrected chi connectivity index (χ4v) is 5.41. The van der Waals surface area contributed by atoms with Gasteiger partial charge in [-0.15, -0.1) is 0 Å². The van der Waals surface area contributed by atoms with E-state index in [0.29, 0.717) is 10.7 Å². The minimum Gasteiger partial charge on any atom is -0.352 e. The predicted molar refractivity (Wildman–Crippen MR) is 145 cm³/mol. The molecule has 2 amide bonds. The Morgan fingerprint density at radius 3 is 2.28 bits per heavy atom. The van der Waals surface area contributed by atoms with Crippen LogP contribution in [0.5, 0.6) is 0 Å². The summed E-state index contributed by atoms with van der Waals surface area (Å²) >= 11 is 6.24. The molecule has 7 nitrogen and oxygen atoms in total. The number of halogens is 1. The lowest BCUT2D eigenvalue weighted by atomic mass is 9.95. The Balaban J connectivity index is 1.87. The summed E-state index contributed by atoms with van der Waals surface area (Å²) in [5.74, 6) is -0.698. The summed E-state index contributed by atoms with van der Waals surface area (Å²) in [5, 5.41) is 3.50. The van der Waals surface area contributed by atoms with Gasteiger partial charge in [-0.3, -0.25) is 13.9 Å². The summed E-state index contributed by atoms with van der Waals surface area (Å²) in [6, 6.07) is 11.9. The number of nitrogens with zero attached hydrogens (tertiary/aromatic N) is 2. The van der Waals surface area contributed by atoms with Gasteiger partial charge in [0.2, 0.25) is 21.8 Å². The van der Waals surface area contributed by atoms with Gasteiger partial charge in [0.1, 0.15) is 12.6 Å². The van der Waals surface area contributed by atoms with E-state index in [4.69, 9.17) is 11.6 Å². The first-order valence-electron chi connectivity index (χ1n) is 12.3. The molecule has 1 fully saturated rings. The molecule has 36 heavy (non-hydrogen) atoms. The number of aryl methyl sites for hydroxylation is 2. The minimum absolute atomic E-state index is 0.104. The summed E-state index contributed by atoms with van der Waals surface area (Å²) in [6.45, 7) is 5.23. The lowest BCUT2D eigenvalue weighted by Gasteiger charge is -2.33. The average molecular weight is 534 g/mol. The van der Waals surface area contributed by atoms with Crippen molar-refractivity contribution in [1.29, 1.82) is 0 Å². The van der Waals surface area contributed by atoms with Crippen LogP contribution in [0.2, 0.25) is 5.02 Å². The van der Waals surface area contributed by atoms with Crippen molar-refractivity contribution in [3.05, 3.63) is 64.2 Å². The number of carbonyl (C=O) groups excluding carboxylic acids is 2. The third-order valence-electron chi connectivity index (χ3n) is 6.71. The summed E-state index contributed by atoms with van der Waals surface area (Å²) in [5.41, 5.74) is 3.04. The minimum atomic E-state index is -3.80. The van der Waals surface area contributed by atoms with Gasteiger partial charge >= 0.3 is 0 Å². The highest BCUT2D eigenvalue weighted by molar-refractivity contribution is 7.92. The fraction of sp³-hybridized carbons (Fsp3) is 0.481. The average Bonchev–Trinajstić information content (AvgIpc) is 2.83. The van der Waals surface area contributed by atoms with Crippen molar-refractivity contribution in [1.82, 2.24) is 10.2 Å².